The highest BCUT2D eigenvalue weighted by molar-refractivity contribution is 14.0. The fourth-order valence-electron chi connectivity index (χ4n) is 2.85. The van der Waals surface area contributed by atoms with Crippen LogP contribution in [0.3, 0.4) is 0 Å². The Morgan fingerprint density at radius 3 is 2.48 bits per heavy atom. The Morgan fingerprint density at radius 2 is 1.85 bits per heavy atom. The number of halogens is 1. The van der Waals surface area contributed by atoms with Crippen LogP contribution in [-0.4, -0.2) is 89.1 Å². The monoisotopic (exact) mass is 498 g/mol. The fourth-order valence-corrected chi connectivity index (χ4v) is 2.85. The molecule has 0 aliphatic carbocycles. The summed E-state index contributed by atoms with van der Waals surface area (Å²) in [5.41, 5.74) is 0. The van der Waals surface area contributed by atoms with Crippen molar-refractivity contribution in [3.63, 3.8) is 0 Å². The molecule has 0 aromatic carbocycles. The molecule has 0 aromatic rings. The van der Waals surface area contributed by atoms with Crippen LogP contribution in [0.2, 0.25) is 0 Å². The van der Waals surface area contributed by atoms with Gasteiger partial charge in [-0.25, -0.2) is 4.99 Å². The molecule has 2 saturated heterocycles. The van der Waals surface area contributed by atoms with Gasteiger partial charge in [0, 0.05) is 47.0 Å². The van der Waals surface area contributed by atoms with Crippen molar-refractivity contribution in [2.24, 2.45) is 4.99 Å². The molecule has 8 nitrogen and oxygen atoms in total. The third kappa shape index (κ3) is 10.5. The molecule has 2 heterocycles. The molecule has 2 aliphatic heterocycles. The number of carbonyl (C=O) groups excluding carboxylic acids is 1. The van der Waals surface area contributed by atoms with Crippen LogP contribution in [0.25, 0.3) is 0 Å². The SMILES string of the molecule is CN(C)C(=O)CN=C(NCCCOCC1CCCO1)NCC1CCCO1.I. The van der Waals surface area contributed by atoms with Gasteiger partial charge in [0.05, 0.1) is 18.8 Å². The fraction of sp³-hybridized carbons (Fsp3) is 0.889. The van der Waals surface area contributed by atoms with E-state index < -0.39 is 0 Å². The van der Waals surface area contributed by atoms with E-state index in [4.69, 9.17) is 14.2 Å². The summed E-state index contributed by atoms with van der Waals surface area (Å²) in [5, 5.41) is 6.54. The van der Waals surface area contributed by atoms with Crippen molar-refractivity contribution in [2.75, 3.05) is 60.2 Å². The highest BCUT2D eigenvalue weighted by atomic mass is 127. The summed E-state index contributed by atoms with van der Waals surface area (Å²) in [5.74, 6) is 0.623. The van der Waals surface area contributed by atoms with Gasteiger partial charge in [0.1, 0.15) is 6.54 Å². The van der Waals surface area contributed by atoms with E-state index in [1.165, 1.54) is 0 Å². The van der Waals surface area contributed by atoms with Crippen molar-refractivity contribution in [3.05, 3.63) is 0 Å². The van der Waals surface area contributed by atoms with Crippen LogP contribution in [0, 0.1) is 0 Å². The first-order valence-electron chi connectivity index (χ1n) is 9.68. The Balaban J connectivity index is 0.00000364. The molecule has 1 amide bonds. The summed E-state index contributed by atoms with van der Waals surface area (Å²) in [6, 6.07) is 0. The smallest absolute Gasteiger partial charge is 0.243 e. The van der Waals surface area contributed by atoms with Crippen LogP contribution in [0.4, 0.5) is 0 Å². The van der Waals surface area contributed by atoms with Crippen LogP contribution >= 0.6 is 24.0 Å². The van der Waals surface area contributed by atoms with E-state index in [2.05, 4.69) is 15.6 Å². The van der Waals surface area contributed by atoms with Crippen LogP contribution in [-0.2, 0) is 19.0 Å². The number of rotatable bonds is 10. The molecule has 2 fully saturated rings. The predicted octanol–water partition coefficient (Wildman–Crippen LogP) is 0.993. The van der Waals surface area contributed by atoms with E-state index >= 15 is 0 Å². The number of carbonyl (C=O) groups is 1. The van der Waals surface area contributed by atoms with Crippen molar-refractivity contribution in [1.29, 1.82) is 0 Å². The van der Waals surface area contributed by atoms with E-state index in [1.54, 1.807) is 19.0 Å². The van der Waals surface area contributed by atoms with Gasteiger partial charge in [-0.2, -0.15) is 0 Å². The van der Waals surface area contributed by atoms with Gasteiger partial charge in [-0.05, 0) is 32.1 Å². The number of ether oxygens (including phenoxy) is 3. The maximum atomic E-state index is 11.8. The second-order valence-electron chi connectivity index (χ2n) is 6.96. The number of amides is 1. The summed E-state index contributed by atoms with van der Waals surface area (Å²) in [7, 11) is 3.46. The van der Waals surface area contributed by atoms with Gasteiger partial charge >= 0.3 is 0 Å². The zero-order chi connectivity index (χ0) is 18.6. The van der Waals surface area contributed by atoms with Crippen LogP contribution in [0.1, 0.15) is 32.1 Å². The first kappa shape index (κ1) is 24.4. The highest BCUT2D eigenvalue weighted by Gasteiger charge is 2.16. The molecule has 0 bridgehead atoms. The second kappa shape index (κ2) is 14.4. The summed E-state index contributed by atoms with van der Waals surface area (Å²) in [6.45, 7) is 4.61. The number of nitrogens with one attached hydrogen (secondary N) is 2. The maximum absolute atomic E-state index is 11.8. The van der Waals surface area contributed by atoms with E-state index in [0.29, 0.717) is 25.7 Å². The predicted molar refractivity (Wildman–Crippen MR) is 116 cm³/mol. The lowest BCUT2D eigenvalue weighted by Gasteiger charge is -2.16. The molecule has 2 unspecified atom stereocenters. The Bertz CT molecular complexity index is 439. The maximum Gasteiger partial charge on any atom is 0.243 e. The molecule has 0 spiro atoms. The number of aliphatic imine (C=N–C) groups is 1. The second-order valence-corrected chi connectivity index (χ2v) is 6.96. The lowest BCUT2D eigenvalue weighted by molar-refractivity contribution is -0.127. The molecule has 2 rings (SSSR count). The first-order chi connectivity index (χ1) is 12.6. The Hall–Kier alpha value is -0.650. The molecule has 9 heteroatoms. The average molecular weight is 498 g/mol. The summed E-state index contributed by atoms with van der Waals surface area (Å²) < 4.78 is 16.8. The molecular weight excluding hydrogens is 463 g/mol. The van der Waals surface area contributed by atoms with Crippen molar-refractivity contribution < 1.29 is 19.0 Å². The quantitative estimate of drug-likeness (QED) is 0.202. The van der Waals surface area contributed by atoms with Crippen molar-refractivity contribution >= 4 is 35.8 Å². The third-order valence-corrected chi connectivity index (χ3v) is 4.48. The molecule has 2 N–H and O–H groups in total. The zero-order valence-corrected chi connectivity index (χ0v) is 18.9. The molecule has 2 aliphatic rings. The zero-order valence-electron chi connectivity index (χ0n) is 16.6. The lowest BCUT2D eigenvalue weighted by Crippen LogP contribution is -2.42. The van der Waals surface area contributed by atoms with Crippen molar-refractivity contribution in [2.45, 2.75) is 44.3 Å². The minimum Gasteiger partial charge on any atom is -0.379 e. The van der Waals surface area contributed by atoms with Gasteiger partial charge in [-0.15, -0.1) is 24.0 Å². The first-order valence-corrected chi connectivity index (χ1v) is 9.68. The van der Waals surface area contributed by atoms with Gasteiger partial charge in [0.15, 0.2) is 5.96 Å². The van der Waals surface area contributed by atoms with Gasteiger partial charge in [0.2, 0.25) is 5.91 Å². The molecule has 0 saturated carbocycles. The Kier molecular flexibility index (Phi) is 13.0. The van der Waals surface area contributed by atoms with E-state index in [1.807, 2.05) is 0 Å². The van der Waals surface area contributed by atoms with Gasteiger partial charge in [-0.3, -0.25) is 4.79 Å². The number of nitrogens with zero attached hydrogens (tertiary/aromatic N) is 2. The summed E-state index contributed by atoms with van der Waals surface area (Å²) in [4.78, 5) is 17.7. The van der Waals surface area contributed by atoms with Crippen molar-refractivity contribution in [1.82, 2.24) is 15.5 Å². The highest BCUT2D eigenvalue weighted by Crippen LogP contribution is 2.12. The Labute approximate surface area is 179 Å². The minimum absolute atomic E-state index is 0. The van der Waals surface area contributed by atoms with Gasteiger partial charge in [0.25, 0.3) is 0 Å². The van der Waals surface area contributed by atoms with Gasteiger partial charge < -0.3 is 29.7 Å². The topological polar surface area (TPSA) is 84.4 Å². The molecule has 0 radical (unpaired) electrons. The number of likely N-dealkylation sites (N-methyl/N-ethyl adjacent to an activating group) is 1. The minimum atomic E-state index is -0.0249. The van der Waals surface area contributed by atoms with Gasteiger partial charge in [-0.1, -0.05) is 0 Å². The Morgan fingerprint density at radius 1 is 1.15 bits per heavy atom. The summed E-state index contributed by atoms with van der Waals surface area (Å²) >= 11 is 0. The lowest BCUT2D eigenvalue weighted by atomic mass is 10.2. The van der Waals surface area contributed by atoms with E-state index in [-0.39, 0.29) is 48.6 Å². The molecular formula is C18H35IN4O4. The molecule has 0 aromatic heterocycles. The normalized spacial score (nSPS) is 22.4. The largest absolute Gasteiger partial charge is 0.379 e. The van der Waals surface area contributed by atoms with Crippen LogP contribution in [0.5, 0.6) is 0 Å². The standard InChI is InChI=1S/C18H34N4O4.HI/c1-22(2)17(23)13-21-18(20-12-15-6-3-10-25-15)19-8-5-9-24-14-16-7-4-11-26-16;/h15-16H,3-14H2,1-2H3,(H2,19,20,21);1H. The van der Waals surface area contributed by atoms with E-state index in [9.17, 15) is 4.79 Å². The molecule has 2 atom stereocenters. The van der Waals surface area contributed by atoms with Crippen LogP contribution < -0.4 is 10.6 Å². The van der Waals surface area contributed by atoms with Crippen molar-refractivity contribution in [3.8, 4) is 0 Å². The molecule has 158 valence electrons. The summed E-state index contributed by atoms with van der Waals surface area (Å²) in [6.07, 6.45) is 5.77. The van der Waals surface area contributed by atoms with E-state index in [0.717, 1.165) is 51.9 Å². The van der Waals surface area contributed by atoms with Crippen LogP contribution in [0.15, 0.2) is 4.99 Å². The average Bonchev–Trinajstić information content (AvgIpc) is 3.32. The molecule has 27 heavy (non-hydrogen) atoms. The number of hydrogen-bond donors (Lipinski definition) is 2. The number of hydrogen-bond acceptors (Lipinski definition) is 5. The number of guanidine groups is 1. The third-order valence-electron chi connectivity index (χ3n) is 4.48.